The Morgan fingerprint density at radius 2 is 2.16 bits per heavy atom. The largest absolute Gasteiger partial charge is 0.309 e. The zero-order valence-electron chi connectivity index (χ0n) is 11.2. The number of nitrogens with zero attached hydrogens (tertiary/aromatic N) is 1. The highest BCUT2D eigenvalue weighted by Crippen LogP contribution is 2.31. The van der Waals surface area contributed by atoms with Crippen LogP contribution in [0.2, 0.25) is 5.02 Å². The fourth-order valence-corrected chi connectivity index (χ4v) is 2.92. The molecule has 5 heteroatoms. The molecule has 0 heterocycles. The predicted octanol–water partition coefficient (Wildman–Crippen LogP) is 3.77. The molecule has 1 fully saturated rings. The van der Waals surface area contributed by atoms with Gasteiger partial charge in [0.2, 0.25) is 0 Å². The van der Waals surface area contributed by atoms with Crippen LogP contribution in [0.5, 0.6) is 0 Å². The van der Waals surface area contributed by atoms with Gasteiger partial charge in [-0.2, -0.15) is 0 Å². The Bertz CT molecular complexity index is 479. The fourth-order valence-electron chi connectivity index (χ4n) is 2.75. The first-order valence-electron chi connectivity index (χ1n) is 6.65. The maximum atomic E-state index is 11.0. The molecule has 1 saturated carbocycles. The van der Waals surface area contributed by atoms with Gasteiger partial charge in [0, 0.05) is 29.2 Å². The minimum Gasteiger partial charge on any atom is -0.309 e. The Morgan fingerprint density at radius 3 is 2.74 bits per heavy atom. The average molecular weight is 283 g/mol. The summed E-state index contributed by atoms with van der Waals surface area (Å²) in [5, 5.41) is 14.9. The van der Waals surface area contributed by atoms with Crippen LogP contribution in [0.1, 0.15) is 32.3 Å². The molecule has 2 rings (SSSR count). The second-order valence-electron chi connectivity index (χ2n) is 5.43. The van der Waals surface area contributed by atoms with E-state index in [1.165, 1.54) is 12.5 Å². The van der Waals surface area contributed by atoms with Gasteiger partial charge in [0.15, 0.2) is 0 Å². The quantitative estimate of drug-likeness (QED) is 0.675. The second-order valence-corrected chi connectivity index (χ2v) is 5.87. The SMILES string of the molecule is CC1CCC(NCc2ccc(Cl)cc2[N+](=O)[O-])C1C. The molecular weight excluding hydrogens is 264 g/mol. The second kappa shape index (κ2) is 5.88. The molecular formula is C14H19ClN2O2. The Kier molecular flexibility index (Phi) is 4.42. The third kappa shape index (κ3) is 3.25. The number of nitro benzene ring substituents is 1. The van der Waals surface area contributed by atoms with Crippen molar-refractivity contribution in [3.05, 3.63) is 38.9 Å². The number of hydrogen-bond acceptors (Lipinski definition) is 3. The summed E-state index contributed by atoms with van der Waals surface area (Å²) < 4.78 is 0. The van der Waals surface area contributed by atoms with Crippen molar-refractivity contribution in [2.45, 2.75) is 39.3 Å². The lowest BCUT2D eigenvalue weighted by atomic mass is 9.97. The summed E-state index contributed by atoms with van der Waals surface area (Å²) in [6.45, 7) is 5.03. The van der Waals surface area contributed by atoms with Crippen molar-refractivity contribution in [3.63, 3.8) is 0 Å². The summed E-state index contributed by atoms with van der Waals surface area (Å²) in [5.41, 5.74) is 0.792. The first kappa shape index (κ1) is 14.3. The van der Waals surface area contributed by atoms with Gasteiger partial charge < -0.3 is 5.32 Å². The van der Waals surface area contributed by atoms with Crippen molar-refractivity contribution in [1.29, 1.82) is 0 Å². The van der Waals surface area contributed by atoms with Crippen molar-refractivity contribution < 1.29 is 4.92 Å². The van der Waals surface area contributed by atoms with Crippen LogP contribution in [0.4, 0.5) is 5.69 Å². The van der Waals surface area contributed by atoms with Gasteiger partial charge in [-0.05, 0) is 36.8 Å². The van der Waals surface area contributed by atoms with Gasteiger partial charge >= 0.3 is 0 Å². The van der Waals surface area contributed by atoms with Crippen LogP contribution in [0.3, 0.4) is 0 Å². The van der Waals surface area contributed by atoms with Gasteiger partial charge in [-0.3, -0.25) is 10.1 Å². The molecule has 1 aliphatic rings. The number of halogens is 1. The number of hydrogen-bond donors (Lipinski definition) is 1. The maximum Gasteiger partial charge on any atom is 0.275 e. The first-order chi connectivity index (χ1) is 8.99. The summed E-state index contributed by atoms with van der Waals surface area (Å²) in [6, 6.07) is 5.30. The van der Waals surface area contributed by atoms with E-state index in [1.807, 2.05) is 0 Å². The molecule has 1 N–H and O–H groups in total. The molecule has 0 aromatic heterocycles. The average Bonchev–Trinajstić information content (AvgIpc) is 2.68. The zero-order chi connectivity index (χ0) is 14.0. The number of nitrogens with one attached hydrogen (secondary N) is 1. The minimum atomic E-state index is -0.371. The molecule has 0 saturated heterocycles. The Morgan fingerprint density at radius 1 is 1.42 bits per heavy atom. The van der Waals surface area contributed by atoms with Gasteiger partial charge in [0.25, 0.3) is 5.69 Å². The van der Waals surface area contributed by atoms with Crippen molar-refractivity contribution >= 4 is 17.3 Å². The number of benzene rings is 1. The molecule has 19 heavy (non-hydrogen) atoms. The monoisotopic (exact) mass is 282 g/mol. The van der Waals surface area contributed by atoms with Crippen LogP contribution in [0, 0.1) is 22.0 Å². The van der Waals surface area contributed by atoms with E-state index in [9.17, 15) is 10.1 Å². The van der Waals surface area contributed by atoms with E-state index < -0.39 is 0 Å². The Labute approximate surface area is 118 Å². The minimum absolute atomic E-state index is 0.0960. The lowest BCUT2D eigenvalue weighted by Gasteiger charge is -2.19. The molecule has 0 aliphatic heterocycles. The van der Waals surface area contributed by atoms with Crippen LogP contribution in [-0.4, -0.2) is 11.0 Å². The smallest absolute Gasteiger partial charge is 0.275 e. The first-order valence-corrected chi connectivity index (χ1v) is 7.03. The van der Waals surface area contributed by atoms with E-state index in [1.54, 1.807) is 12.1 Å². The summed E-state index contributed by atoms with van der Waals surface area (Å²) in [7, 11) is 0. The molecule has 0 amide bonds. The molecule has 4 nitrogen and oxygen atoms in total. The highest BCUT2D eigenvalue weighted by Gasteiger charge is 2.29. The van der Waals surface area contributed by atoms with E-state index >= 15 is 0 Å². The van der Waals surface area contributed by atoms with Gasteiger partial charge in [-0.15, -0.1) is 0 Å². The van der Waals surface area contributed by atoms with Crippen LogP contribution >= 0.6 is 11.6 Å². The lowest BCUT2D eigenvalue weighted by molar-refractivity contribution is -0.385. The molecule has 104 valence electrons. The molecule has 1 aromatic carbocycles. The van der Waals surface area contributed by atoms with Gasteiger partial charge in [0.1, 0.15) is 0 Å². The number of nitro groups is 1. The summed E-state index contributed by atoms with van der Waals surface area (Å²) in [6.07, 6.45) is 2.37. The third-order valence-corrected chi connectivity index (χ3v) is 4.50. The van der Waals surface area contributed by atoms with Crippen LogP contribution in [-0.2, 0) is 6.54 Å². The van der Waals surface area contributed by atoms with Crippen LogP contribution < -0.4 is 5.32 Å². The summed E-state index contributed by atoms with van der Waals surface area (Å²) in [4.78, 5) is 10.6. The maximum absolute atomic E-state index is 11.0. The van der Waals surface area contributed by atoms with Crippen LogP contribution in [0.15, 0.2) is 18.2 Å². The highest BCUT2D eigenvalue weighted by atomic mass is 35.5. The van der Waals surface area contributed by atoms with E-state index in [4.69, 9.17) is 11.6 Å². The standard InChI is InChI=1S/C14H19ClN2O2/c1-9-3-6-13(10(9)2)16-8-11-4-5-12(15)7-14(11)17(18)19/h4-5,7,9-10,13,16H,3,6,8H2,1-2H3. The molecule has 0 bridgehead atoms. The third-order valence-electron chi connectivity index (χ3n) is 4.26. The predicted molar refractivity (Wildman–Crippen MR) is 76.3 cm³/mol. The molecule has 1 aromatic rings. The molecule has 3 unspecified atom stereocenters. The molecule has 3 atom stereocenters. The van der Waals surface area contributed by atoms with E-state index in [0.717, 1.165) is 12.3 Å². The fraction of sp³-hybridized carbons (Fsp3) is 0.571. The zero-order valence-corrected chi connectivity index (χ0v) is 12.0. The van der Waals surface area contributed by atoms with Crippen molar-refractivity contribution in [2.24, 2.45) is 11.8 Å². The van der Waals surface area contributed by atoms with Gasteiger partial charge in [0.05, 0.1) is 4.92 Å². The normalized spacial score (nSPS) is 26.6. The molecule has 0 radical (unpaired) electrons. The topological polar surface area (TPSA) is 55.2 Å². The van der Waals surface area contributed by atoms with E-state index in [0.29, 0.717) is 29.1 Å². The Balaban J connectivity index is 2.05. The van der Waals surface area contributed by atoms with E-state index in [2.05, 4.69) is 19.2 Å². The lowest BCUT2D eigenvalue weighted by Crippen LogP contribution is -2.32. The highest BCUT2D eigenvalue weighted by molar-refractivity contribution is 6.30. The van der Waals surface area contributed by atoms with Gasteiger partial charge in [-0.1, -0.05) is 25.4 Å². The number of rotatable bonds is 4. The molecule has 1 aliphatic carbocycles. The Hall–Kier alpha value is -1.13. The van der Waals surface area contributed by atoms with Crippen molar-refractivity contribution in [3.8, 4) is 0 Å². The van der Waals surface area contributed by atoms with Crippen molar-refractivity contribution in [1.82, 2.24) is 5.32 Å². The van der Waals surface area contributed by atoms with E-state index in [-0.39, 0.29) is 10.6 Å². The summed E-state index contributed by atoms with van der Waals surface area (Å²) >= 11 is 5.81. The molecule has 0 spiro atoms. The summed E-state index contributed by atoms with van der Waals surface area (Å²) in [5.74, 6) is 1.34. The van der Waals surface area contributed by atoms with Crippen LogP contribution in [0.25, 0.3) is 0 Å². The van der Waals surface area contributed by atoms with Crippen molar-refractivity contribution in [2.75, 3.05) is 0 Å². The van der Waals surface area contributed by atoms with Gasteiger partial charge in [-0.25, -0.2) is 0 Å².